The molecule has 0 bridgehead atoms. The molecule has 0 saturated heterocycles. The zero-order valence-electron chi connectivity index (χ0n) is 42.1. The summed E-state index contributed by atoms with van der Waals surface area (Å²) in [7, 11) is 0. The van der Waals surface area contributed by atoms with Crippen LogP contribution in [-0.4, -0.2) is 4.57 Å². The van der Waals surface area contributed by atoms with E-state index in [9.17, 15) is 0 Å². The minimum absolute atomic E-state index is 0.196. The minimum atomic E-state index is -0.196. The molecular formula is C72H54N2. The number of fused-ring (bicyclic) bond motifs is 9. The van der Waals surface area contributed by atoms with Crippen LogP contribution in [0.5, 0.6) is 0 Å². The molecule has 0 saturated carbocycles. The lowest BCUT2D eigenvalue weighted by Crippen LogP contribution is -2.18. The van der Waals surface area contributed by atoms with E-state index in [-0.39, 0.29) is 10.8 Å². The van der Waals surface area contributed by atoms with Gasteiger partial charge in [-0.05, 0) is 168 Å². The second-order valence-corrected chi connectivity index (χ2v) is 21.3. The topological polar surface area (TPSA) is 8.17 Å². The normalized spacial score (nSPS) is 13.6. The largest absolute Gasteiger partial charge is 0.310 e. The first kappa shape index (κ1) is 43.8. The van der Waals surface area contributed by atoms with Crippen LogP contribution in [0.1, 0.15) is 49.9 Å². The van der Waals surface area contributed by atoms with Crippen LogP contribution < -0.4 is 4.90 Å². The molecule has 2 heteroatoms. The van der Waals surface area contributed by atoms with Gasteiger partial charge in [0.15, 0.2) is 0 Å². The highest BCUT2D eigenvalue weighted by molar-refractivity contribution is 6.10. The van der Waals surface area contributed by atoms with Gasteiger partial charge in [0.25, 0.3) is 0 Å². The standard InChI is InChI=1S/C72H54N2/c1-71(2)65-43-53(47-16-8-5-9-17-47)30-37-59(65)61-39-35-57(45-67(61)71)73(58-36-40-62-60-38-31-54(48-18-10-6-11-19-48)44-66(60)72(3,4)68(62)46-58)56-33-28-50(29-34-56)49-24-26-51(27-25-49)52-32-41-70-64(42-52)63-22-14-15-23-69(63)74(70)55-20-12-7-13-21-55/h5-46H,1-4H3. The predicted molar refractivity (Wildman–Crippen MR) is 312 cm³/mol. The number of rotatable bonds is 8. The lowest BCUT2D eigenvalue weighted by molar-refractivity contribution is 0.660. The van der Waals surface area contributed by atoms with E-state index in [2.05, 4.69) is 292 Å². The molecule has 0 spiro atoms. The highest BCUT2D eigenvalue weighted by Gasteiger charge is 2.38. The monoisotopic (exact) mass is 946 g/mol. The van der Waals surface area contributed by atoms with Crippen LogP contribution in [0.15, 0.2) is 255 Å². The van der Waals surface area contributed by atoms with Crippen LogP contribution in [0.2, 0.25) is 0 Å². The fraction of sp³-hybridized carbons (Fsp3) is 0.0833. The molecule has 2 nitrogen and oxygen atoms in total. The number of hydrogen-bond donors (Lipinski definition) is 0. The number of nitrogens with zero attached hydrogens (tertiary/aromatic N) is 2. The lowest BCUT2D eigenvalue weighted by Gasteiger charge is -2.30. The van der Waals surface area contributed by atoms with Crippen molar-refractivity contribution < 1.29 is 0 Å². The summed E-state index contributed by atoms with van der Waals surface area (Å²) < 4.78 is 2.37. The molecule has 74 heavy (non-hydrogen) atoms. The number of aromatic nitrogens is 1. The third kappa shape index (κ3) is 6.93. The zero-order chi connectivity index (χ0) is 49.7. The first-order chi connectivity index (χ1) is 36.2. The molecule has 0 N–H and O–H groups in total. The Hall–Kier alpha value is -8.98. The lowest BCUT2D eigenvalue weighted by atomic mass is 9.81. The molecule has 0 atom stereocenters. The average molecular weight is 947 g/mol. The van der Waals surface area contributed by atoms with Gasteiger partial charge in [0, 0.05) is 44.4 Å². The van der Waals surface area contributed by atoms with Crippen molar-refractivity contribution in [3.05, 3.63) is 277 Å². The number of benzene rings is 11. The Morgan fingerprint density at radius 1 is 0.270 bits per heavy atom. The smallest absolute Gasteiger partial charge is 0.0541 e. The fourth-order valence-electron chi connectivity index (χ4n) is 12.5. The predicted octanol–water partition coefficient (Wildman–Crippen LogP) is 19.5. The van der Waals surface area contributed by atoms with E-state index in [4.69, 9.17) is 0 Å². The van der Waals surface area contributed by atoms with Crippen molar-refractivity contribution in [1.29, 1.82) is 0 Å². The Morgan fingerprint density at radius 2 is 0.622 bits per heavy atom. The SMILES string of the molecule is CC1(C)c2cc(-c3ccccc3)ccc2-c2ccc(N(c3ccc(-c4ccc(-c5ccc6c(c5)c5ccccc5n6-c5ccccc5)cc4)cc3)c3ccc4c(c3)C(C)(C)c3cc(-c5ccccc5)ccc3-4)cc21. The third-order valence-corrected chi connectivity index (χ3v) is 16.4. The highest BCUT2D eigenvalue weighted by Crippen LogP contribution is 2.54. The van der Waals surface area contributed by atoms with Crippen molar-refractivity contribution in [2.45, 2.75) is 38.5 Å². The van der Waals surface area contributed by atoms with Gasteiger partial charge in [-0.3, -0.25) is 0 Å². The first-order valence-electron chi connectivity index (χ1n) is 26.0. The molecule has 12 aromatic rings. The maximum Gasteiger partial charge on any atom is 0.0541 e. The van der Waals surface area contributed by atoms with Gasteiger partial charge in [0.2, 0.25) is 0 Å². The van der Waals surface area contributed by atoms with Crippen LogP contribution in [0, 0.1) is 0 Å². The molecule has 2 aliphatic carbocycles. The van der Waals surface area contributed by atoms with Crippen molar-refractivity contribution in [2.24, 2.45) is 0 Å². The van der Waals surface area contributed by atoms with E-state index in [1.54, 1.807) is 0 Å². The van der Waals surface area contributed by atoms with E-state index in [0.717, 1.165) is 17.1 Å². The van der Waals surface area contributed by atoms with Crippen molar-refractivity contribution >= 4 is 38.9 Å². The molecule has 0 amide bonds. The molecule has 0 radical (unpaired) electrons. The Labute approximate surface area is 434 Å². The molecule has 1 aromatic heterocycles. The molecule has 0 unspecified atom stereocenters. The minimum Gasteiger partial charge on any atom is -0.310 e. The molecule has 1 heterocycles. The Bertz CT molecular complexity index is 3990. The zero-order valence-corrected chi connectivity index (χ0v) is 42.1. The van der Waals surface area contributed by atoms with E-state index < -0.39 is 0 Å². The molecule has 11 aromatic carbocycles. The van der Waals surface area contributed by atoms with Gasteiger partial charge in [-0.1, -0.05) is 204 Å². The summed E-state index contributed by atoms with van der Waals surface area (Å²) in [5.74, 6) is 0. The molecule has 0 aliphatic heterocycles. The maximum atomic E-state index is 2.47. The molecule has 2 aliphatic rings. The Kier molecular flexibility index (Phi) is 9.94. The van der Waals surface area contributed by atoms with Gasteiger partial charge >= 0.3 is 0 Å². The average Bonchev–Trinajstić information content (AvgIpc) is 3.99. The Morgan fingerprint density at radius 3 is 1.15 bits per heavy atom. The van der Waals surface area contributed by atoms with Gasteiger partial charge < -0.3 is 9.47 Å². The number of hydrogen-bond acceptors (Lipinski definition) is 1. The number of anilines is 3. The third-order valence-electron chi connectivity index (χ3n) is 16.4. The maximum absolute atomic E-state index is 2.47. The second-order valence-electron chi connectivity index (χ2n) is 21.3. The molecule has 352 valence electrons. The summed E-state index contributed by atoms with van der Waals surface area (Å²) >= 11 is 0. The highest BCUT2D eigenvalue weighted by atomic mass is 15.1. The van der Waals surface area contributed by atoms with Crippen molar-refractivity contribution in [3.8, 4) is 72.4 Å². The summed E-state index contributed by atoms with van der Waals surface area (Å²) in [6.45, 7) is 9.56. The first-order valence-corrected chi connectivity index (χ1v) is 26.0. The second kappa shape index (κ2) is 16.8. The van der Waals surface area contributed by atoms with Gasteiger partial charge in [-0.25, -0.2) is 0 Å². The Balaban J connectivity index is 0.831. The summed E-state index contributed by atoms with van der Waals surface area (Å²) in [6, 6.07) is 94.5. The molecule has 14 rings (SSSR count). The molecule has 0 fully saturated rings. The van der Waals surface area contributed by atoms with Gasteiger partial charge in [0.05, 0.1) is 11.0 Å². The van der Waals surface area contributed by atoms with Gasteiger partial charge in [-0.2, -0.15) is 0 Å². The van der Waals surface area contributed by atoms with Crippen LogP contribution in [0.3, 0.4) is 0 Å². The van der Waals surface area contributed by atoms with Crippen LogP contribution in [0.4, 0.5) is 17.1 Å². The summed E-state index contributed by atoms with van der Waals surface area (Å²) in [5.41, 5.74) is 27.1. The number of para-hydroxylation sites is 2. The van der Waals surface area contributed by atoms with E-state index in [1.165, 1.54) is 117 Å². The van der Waals surface area contributed by atoms with Crippen molar-refractivity contribution in [2.75, 3.05) is 4.90 Å². The quantitative estimate of drug-likeness (QED) is 0.147. The van der Waals surface area contributed by atoms with Crippen molar-refractivity contribution in [3.63, 3.8) is 0 Å². The summed E-state index contributed by atoms with van der Waals surface area (Å²) in [5, 5.41) is 2.52. The van der Waals surface area contributed by atoms with Crippen LogP contribution in [-0.2, 0) is 10.8 Å². The molecular weight excluding hydrogens is 893 g/mol. The van der Waals surface area contributed by atoms with Crippen LogP contribution in [0.25, 0.3) is 94.3 Å². The van der Waals surface area contributed by atoms with E-state index in [1.807, 2.05) is 0 Å². The van der Waals surface area contributed by atoms with Gasteiger partial charge in [0.1, 0.15) is 0 Å². The van der Waals surface area contributed by atoms with E-state index >= 15 is 0 Å². The summed E-state index contributed by atoms with van der Waals surface area (Å²) in [4.78, 5) is 2.47. The van der Waals surface area contributed by atoms with Crippen LogP contribution >= 0.6 is 0 Å². The summed E-state index contributed by atoms with van der Waals surface area (Å²) in [6.07, 6.45) is 0. The van der Waals surface area contributed by atoms with Gasteiger partial charge in [-0.15, -0.1) is 0 Å². The van der Waals surface area contributed by atoms with Crippen molar-refractivity contribution in [1.82, 2.24) is 4.57 Å². The van der Waals surface area contributed by atoms with E-state index in [0.29, 0.717) is 0 Å². The fourth-order valence-corrected chi connectivity index (χ4v) is 12.5.